The third kappa shape index (κ3) is 3.95. The Morgan fingerprint density at radius 2 is 1.93 bits per heavy atom. The van der Waals surface area contributed by atoms with Crippen molar-refractivity contribution in [2.24, 2.45) is 0 Å². The Morgan fingerprint density at radius 3 is 2.64 bits per heavy atom. The van der Waals surface area contributed by atoms with Crippen LogP contribution in [-0.4, -0.2) is 47.5 Å². The predicted octanol–water partition coefficient (Wildman–Crippen LogP) is 0.996. The summed E-state index contributed by atoms with van der Waals surface area (Å²) in [6.45, 7) is 2.74. The van der Waals surface area contributed by atoms with Crippen LogP contribution in [0.25, 0.3) is 0 Å². The first-order valence-corrected chi connectivity index (χ1v) is 5.84. The number of nitrogens with zero attached hydrogens (tertiary/aromatic N) is 1. The van der Waals surface area contributed by atoms with Gasteiger partial charge in [-0.05, 0) is 38.8 Å². The standard InChI is InChI=1S/C11H23NO2/c13-9-5-4-8-12-7-3-1-2-6-11(12)10-14/h11,13-14H,1-10H2. The zero-order valence-electron chi connectivity index (χ0n) is 8.99. The van der Waals surface area contributed by atoms with Gasteiger partial charge in [-0.25, -0.2) is 0 Å². The van der Waals surface area contributed by atoms with E-state index in [4.69, 9.17) is 5.11 Å². The van der Waals surface area contributed by atoms with E-state index < -0.39 is 0 Å². The summed E-state index contributed by atoms with van der Waals surface area (Å²) in [5, 5.41) is 18.0. The summed E-state index contributed by atoms with van der Waals surface area (Å²) in [5.74, 6) is 0. The maximum Gasteiger partial charge on any atom is 0.0586 e. The van der Waals surface area contributed by atoms with Gasteiger partial charge in [-0.3, -0.25) is 4.90 Å². The minimum absolute atomic E-state index is 0.289. The molecule has 0 saturated carbocycles. The highest BCUT2D eigenvalue weighted by atomic mass is 16.3. The van der Waals surface area contributed by atoms with E-state index in [0.717, 1.165) is 32.4 Å². The normalized spacial score (nSPS) is 24.9. The van der Waals surface area contributed by atoms with Crippen molar-refractivity contribution in [1.82, 2.24) is 4.90 Å². The summed E-state index contributed by atoms with van der Waals surface area (Å²) in [6, 6.07) is 0.371. The van der Waals surface area contributed by atoms with E-state index in [9.17, 15) is 5.11 Å². The molecule has 1 saturated heterocycles. The fourth-order valence-corrected chi connectivity index (χ4v) is 2.16. The topological polar surface area (TPSA) is 43.7 Å². The summed E-state index contributed by atoms with van der Waals surface area (Å²) in [6.07, 6.45) is 6.88. The van der Waals surface area contributed by atoms with E-state index in [1.54, 1.807) is 0 Å². The first kappa shape index (κ1) is 12.0. The minimum atomic E-state index is 0.289. The van der Waals surface area contributed by atoms with Gasteiger partial charge in [-0.1, -0.05) is 12.8 Å². The van der Waals surface area contributed by atoms with Crippen molar-refractivity contribution in [2.75, 3.05) is 26.3 Å². The van der Waals surface area contributed by atoms with Crippen molar-refractivity contribution in [3.05, 3.63) is 0 Å². The maximum absolute atomic E-state index is 9.25. The lowest BCUT2D eigenvalue weighted by Crippen LogP contribution is -2.38. The molecule has 14 heavy (non-hydrogen) atoms. The molecule has 1 unspecified atom stereocenters. The van der Waals surface area contributed by atoms with Crippen molar-refractivity contribution in [3.63, 3.8) is 0 Å². The van der Waals surface area contributed by atoms with Gasteiger partial charge >= 0.3 is 0 Å². The van der Waals surface area contributed by atoms with Crippen LogP contribution in [0.15, 0.2) is 0 Å². The van der Waals surface area contributed by atoms with Crippen LogP contribution in [0.2, 0.25) is 0 Å². The van der Waals surface area contributed by atoms with Crippen LogP contribution in [0.4, 0.5) is 0 Å². The van der Waals surface area contributed by atoms with Gasteiger partial charge in [0.05, 0.1) is 6.61 Å². The third-order valence-corrected chi connectivity index (χ3v) is 3.06. The molecular weight excluding hydrogens is 178 g/mol. The Bertz CT molecular complexity index is 141. The second-order valence-electron chi connectivity index (χ2n) is 4.15. The molecule has 0 aromatic carbocycles. The highest BCUT2D eigenvalue weighted by Crippen LogP contribution is 2.16. The van der Waals surface area contributed by atoms with Crippen molar-refractivity contribution in [3.8, 4) is 0 Å². The molecule has 3 nitrogen and oxygen atoms in total. The molecule has 1 fully saturated rings. The van der Waals surface area contributed by atoms with Crippen LogP contribution in [0, 0.1) is 0 Å². The lowest BCUT2D eigenvalue weighted by atomic mass is 10.1. The Morgan fingerprint density at radius 1 is 1.07 bits per heavy atom. The molecule has 84 valence electrons. The van der Waals surface area contributed by atoms with Crippen molar-refractivity contribution < 1.29 is 10.2 Å². The highest BCUT2D eigenvalue weighted by molar-refractivity contribution is 4.74. The molecular formula is C11H23NO2. The van der Waals surface area contributed by atoms with E-state index in [1.165, 1.54) is 19.3 Å². The minimum Gasteiger partial charge on any atom is -0.396 e. The van der Waals surface area contributed by atoms with Crippen LogP contribution in [0.3, 0.4) is 0 Å². The Hall–Kier alpha value is -0.120. The van der Waals surface area contributed by atoms with Gasteiger partial charge < -0.3 is 10.2 Å². The molecule has 0 aromatic heterocycles. The van der Waals surface area contributed by atoms with Crippen molar-refractivity contribution in [1.29, 1.82) is 0 Å². The molecule has 2 N–H and O–H groups in total. The molecule has 0 aliphatic carbocycles. The lowest BCUT2D eigenvalue weighted by molar-refractivity contribution is 0.120. The third-order valence-electron chi connectivity index (χ3n) is 3.06. The number of unbranched alkanes of at least 4 members (excludes halogenated alkanes) is 1. The monoisotopic (exact) mass is 201 g/mol. The summed E-state index contributed by atoms with van der Waals surface area (Å²) in [4.78, 5) is 2.39. The molecule has 1 aliphatic rings. The number of aliphatic hydroxyl groups excluding tert-OH is 2. The van der Waals surface area contributed by atoms with Crippen LogP contribution in [0.5, 0.6) is 0 Å². The molecule has 0 aromatic rings. The molecule has 0 radical (unpaired) electrons. The Labute approximate surface area is 86.7 Å². The van der Waals surface area contributed by atoms with E-state index in [2.05, 4.69) is 4.90 Å². The SMILES string of the molecule is OCCCCN1CCCCCC1CO. The van der Waals surface area contributed by atoms with Gasteiger partial charge in [0.15, 0.2) is 0 Å². The maximum atomic E-state index is 9.25. The van der Waals surface area contributed by atoms with Crippen LogP contribution in [-0.2, 0) is 0 Å². The van der Waals surface area contributed by atoms with Crippen LogP contribution < -0.4 is 0 Å². The van der Waals surface area contributed by atoms with Gasteiger partial charge in [0.25, 0.3) is 0 Å². The molecule has 0 bridgehead atoms. The molecule has 1 heterocycles. The molecule has 0 amide bonds. The van der Waals surface area contributed by atoms with Crippen molar-refractivity contribution >= 4 is 0 Å². The number of hydrogen-bond acceptors (Lipinski definition) is 3. The second kappa shape index (κ2) is 7.21. The first-order valence-electron chi connectivity index (χ1n) is 5.84. The average molecular weight is 201 g/mol. The predicted molar refractivity (Wildman–Crippen MR) is 57.2 cm³/mol. The molecule has 1 rings (SSSR count). The highest BCUT2D eigenvalue weighted by Gasteiger charge is 2.19. The van der Waals surface area contributed by atoms with Gasteiger partial charge in [0.1, 0.15) is 0 Å². The van der Waals surface area contributed by atoms with Crippen LogP contribution in [0.1, 0.15) is 38.5 Å². The number of rotatable bonds is 5. The van der Waals surface area contributed by atoms with Gasteiger partial charge in [0.2, 0.25) is 0 Å². The summed E-state index contributed by atoms with van der Waals surface area (Å²) in [7, 11) is 0. The molecule has 1 aliphatic heterocycles. The fraction of sp³-hybridized carbons (Fsp3) is 1.00. The Kier molecular flexibility index (Phi) is 6.15. The zero-order chi connectivity index (χ0) is 10.2. The van der Waals surface area contributed by atoms with Gasteiger partial charge in [0, 0.05) is 12.6 Å². The number of hydrogen-bond donors (Lipinski definition) is 2. The second-order valence-corrected chi connectivity index (χ2v) is 4.15. The molecule has 0 spiro atoms. The number of likely N-dealkylation sites (tertiary alicyclic amines) is 1. The summed E-state index contributed by atoms with van der Waals surface area (Å²) >= 11 is 0. The quantitative estimate of drug-likeness (QED) is 0.652. The van der Waals surface area contributed by atoms with E-state index in [1.807, 2.05) is 0 Å². The smallest absolute Gasteiger partial charge is 0.0586 e. The number of aliphatic hydroxyl groups is 2. The van der Waals surface area contributed by atoms with E-state index >= 15 is 0 Å². The van der Waals surface area contributed by atoms with E-state index in [-0.39, 0.29) is 6.61 Å². The van der Waals surface area contributed by atoms with Gasteiger partial charge in [-0.2, -0.15) is 0 Å². The van der Waals surface area contributed by atoms with Crippen molar-refractivity contribution in [2.45, 2.75) is 44.6 Å². The lowest BCUT2D eigenvalue weighted by Gasteiger charge is -2.28. The van der Waals surface area contributed by atoms with E-state index in [0.29, 0.717) is 12.6 Å². The summed E-state index contributed by atoms with van der Waals surface area (Å²) < 4.78 is 0. The van der Waals surface area contributed by atoms with Gasteiger partial charge in [-0.15, -0.1) is 0 Å². The average Bonchev–Trinajstić information content (AvgIpc) is 2.43. The van der Waals surface area contributed by atoms with Crippen LogP contribution >= 0.6 is 0 Å². The summed E-state index contributed by atoms with van der Waals surface area (Å²) in [5.41, 5.74) is 0. The first-order chi connectivity index (χ1) is 6.88. The Balaban J connectivity index is 2.28. The largest absolute Gasteiger partial charge is 0.396 e. The molecule has 1 atom stereocenters. The molecule has 3 heteroatoms. The fourth-order valence-electron chi connectivity index (χ4n) is 2.16. The zero-order valence-corrected chi connectivity index (χ0v) is 8.99.